The standard InChI is InChI=1S/C12H18N2O3S/c1-9(15)11-8-10(14(16)17)12(18-11)13-6-4-2-3-5-7-13/h8-9,15H,2-7H2,1H3. The van der Waals surface area contributed by atoms with E-state index >= 15 is 0 Å². The number of nitro groups is 1. The molecule has 0 spiro atoms. The molecule has 1 aliphatic heterocycles. The van der Waals surface area contributed by atoms with Crippen LogP contribution < -0.4 is 4.90 Å². The van der Waals surface area contributed by atoms with Crippen LogP contribution in [0.15, 0.2) is 6.07 Å². The van der Waals surface area contributed by atoms with E-state index in [9.17, 15) is 15.2 Å². The van der Waals surface area contributed by atoms with Crippen molar-refractivity contribution in [3.8, 4) is 0 Å². The summed E-state index contributed by atoms with van der Waals surface area (Å²) in [5.74, 6) is 0. The summed E-state index contributed by atoms with van der Waals surface area (Å²) in [7, 11) is 0. The summed E-state index contributed by atoms with van der Waals surface area (Å²) in [4.78, 5) is 13.5. The minimum Gasteiger partial charge on any atom is -0.388 e. The zero-order valence-corrected chi connectivity index (χ0v) is 11.3. The Balaban J connectivity index is 2.31. The van der Waals surface area contributed by atoms with Gasteiger partial charge in [-0.3, -0.25) is 10.1 Å². The lowest BCUT2D eigenvalue weighted by Crippen LogP contribution is -2.23. The van der Waals surface area contributed by atoms with Crippen LogP contribution in [-0.2, 0) is 0 Å². The fourth-order valence-corrected chi connectivity index (χ4v) is 3.34. The second-order valence-corrected chi connectivity index (χ2v) is 5.74. The van der Waals surface area contributed by atoms with Crippen LogP contribution in [0.25, 0.3) is 0 Å². The molecule has 0 aromatic carbocycles. The van der Waals surface area contributed by atoms with Crippen LogP contribution >= 0.6 is 11.3 Å². The van der Waals surface area contributed by atoms with E-state index < -0.39 is 6.10 Å². The van der Waals surface area contributed by atoms with Crippen molar-refractivity contribution in [3.05, 3.63) is 21.1 Å². The van der Waals surface area contributed by atoms with Crippen molar-refractivity contribution < 1.29 is 10.0 Å². The van der Waals surface area contributed by atoms with E-state index in [0.717, 1.165) is 25.9 Å². The molecule has 0 radical (unpaired) electrons. The molecule has 1 aromatic heterocycles. The molecule has 0 aliphatic carbocycles. The third kappa shape index (κ3) is 2.81. The molecule has 2 rings (SSSR count). The fraction of sp³-hybridized carbons (Fsp3) is 0.667. The van der Waals surface area contributed by atoms with Crippen molar-refractivity contribution in [1.29, 1.82) is 0 Å². The van der Waals surface area contributed by atoms with Gasteiger partial charge >= 0.3 is 5.69 Å². The first-order valence-corrected chi connectivity index (χ1v) is 7.12. The Morgan fingerprint density at radius 2 is 2.00 bits per heavy atom. The third-order valence-corrected chi connectivity index (χ3v) is 4.57. The monoisotopic (exact) mass is 270 g/mol. The van der Waals surface area contributed by atoms with Crippen molar-refractivity contribution in [2.45, 2.75) is 38.7 Å². The first-order chi connectivity index (χ1) is 8.59. The molecule has 6 heteroatoms. The van der Waals surface area contributed by atoms with Crippen molar-refractivity contribution >= 4 is 22.0 Å². The first kappa shape index (κ1) is 13.3. The zero-order chi connectivity index (χ0) is 13.1. The van der Waals surface area contributed by atoms with Gasteiger partial charge in [-0.15, -0.1) is 11.3 Å². The predicted octanol–water partition coefficient (Wildman–Crippen LogP) is 3.09. The number of hydrogen-bond acceptors (Lipinski definition) is 5. The minimum atomic E-state index is -0.644. The van der Waals surface area contributed by atoms with E-state index in [4.69, 9.17) is 0 Å². The van der Waals surface area contributed by atoms with Gasteiger partial charge in [0.1, 0.15) is 0 Å². The quantitative estimate of drug-likeness (QED) is 0.677. The highest BCUT2D eigenvalue weighted by Crippen LogP contribution is 2.40. The molecule has 1 saturated heterocycles. The van der Waals surface area contributed by atoms with Gasteiger partial charge in [-0.2, -0.15) is 0 Å². The minimum absolute atomic E-state index is 0.137. The van der Waals surface area contributed by atoms with Gasteiger partial charge in [0.15, 0.2) is 5.00 Å². The summed E-state index contributed by atoms with van der Waals surface area (Å²) in [6, 6.07) is 1.51. The van der Waals surface area contributed by atoms with E-state index in [1.807, 2.05) is 0 Å². The van der Waals surface area contributed by atoms with Crippen LogP contribution in [0.3, 0.4) is 0 Å². The van der Waals surface area contributed by atoms with Crippen LogP contribution in [0.4, 0.5) is 10.7 Å². The van der Waals surface area contributed by atoms with Gasteiger partial charge in [0.05, 0.1) is 11.0 Å². The molecule has 0 bridgehead atoms. The summed E-state index contributed by atoms with van der Waals surface area (Å²) >= 11 is 1.35. The Morgan fingerprint density at radius 1 is 1.39 bits per heavy atom. The molecule has 0 saturated carbocycles. The van der Waals surface area contributed by atoms with Gasteiger partial charge < -0.3 is 10.0 Å². The smallest absolute Gasteiger partial charge is 0.304 e. The second-order valence-electron chi connectivity index (χ2n) is 4.67. The molecular formula is C12H18N2O3S. The molecule has 1 aromatic rings. The van der Waals surface area contributed by atoms with E-state index in [0.29, 0.717) is 9.88 Å². The van der Waals surface area contributed by atoms with Crippen LogP contribution in [0.5, 0.6) is 0 Å². The normalized spacial score (nSPS) is 18.4. The lowest BCUT2D eigenvalue weighted by atomic mass is 10.2. The zero-order valence-electron chi connectivity index (χ0n) is 10.5. The molecule has 1 N–H and O–H groups in total. The maximum Gasteiger partial charge on any atom is 0.304 e. The van der Waals surface area contributed by atoms with Crippen LogP contribution in [0.1, 0.15) is 43.6 Å². The molecule has 1 unspecified atom stereocenters. The Labute approximate surface area is 110 Å². The topological polar surface area (TPSA) is 66.6 Å². The Morgan fingerprint density at radius 3 is 2.50 bits per heavy atom. The summed E-state index contributed by atoms with van der Waals surface area (Å²) < 4.78 is 0. The molecular weight excluding hydrogens is 252 g/mol. The SMILES string of the molecule is CC(O)c1cc([N+](=O)[O-])c(N2CCCCCC2)s1. The molecule has 18 heavy (non-hydrogen) atoms. The molecule has 5 nitrogen and oxygen atoms in total. The fourth-order valence-electron chi connectivity index (χ4n) is 2.23. The van der Waals surface area contributed by atoms with E-state index in [1.54, 1.807) is 6.92 Å². The molecule has 0 amide bonds. The average molecular weight is 270 g/mol. The van der Waals surface area contributed by atoms with Gasteiger partial charge in [0.25, 0.3) is 0 Å². The number of aliphatic hydroxyl groups is 1. The molecule has 1 atom stereocenters. The summed E-state index contributed by atoms with van der Waals surface area (Å²) in [5, 5.41) is 21.4. The van der Waals surface area contributed by atoms with E-state index in [-0.39, 0.29) is 10.6 Å². The summed E-state index contributed by atoms with van der Waals surface area (Å²) in [6.07, 6.45) is 3.91. The summed E-state index contributed by atoms with van der Waals surface area (Å²) in [5.41, 5.74) is 0.137. The Kier molecular flexibility index (Phi) is 4.19. The van der Waals surface area contributed by atoms with Crippen molar-refractivity contribution in [3.63, 3.8) is 0 Å². The molecule has 100 valence electrons. The number of thiophene rings is 1. The van der Waals surface area contributed by atoms with E-state index in [2.05, 4.69) is 4.90 Å². The number of aliphatic hydroxyl groups excluding tert-OH is 1. The predicted molar refractivity (Wildman–Crippen MR) is 72.3 cm³/mol. The van der Waals surface area contributed by atoms with Crippen LogP contribution in [0, 0.1) is 10.1 Å². The second kappa shape index (κ2) is 5.67. The maximum atomic E-state index is 11.1. The number of rotatable bonds is 3. The Hall–Kier alpha value is -1.14. The third-order valence-electron chi connectivity index (χ3n) is 3.21. The lowest BCUT2D eigenvalue weighted by Gasteiger charge is -2.19. The first-order valence-electron chi connectivity index (χ1n) is 6.30. The highest BCUT2D eigenvalue weighted by molar-refractivity contribution is 7.16. The van der Waals surface area contributed by atoms with Crippen LogP contribution in [-0.4, -0.2) is 23.1 Å². The van der Waals surface area contributed by atoms with Crippen LogP contribution in [0.2, 0.25) is 0 Å². The van der Waals surface area contributed by atoms with Gasteiger partial charge in [-0.05, 0) is 19.8 Å². The van der Waals surface area contributed by atoms with Gasteiger partial charge in [0, 0.05) is 24.0 Å². The largest absolute Gasteiger partial charge is 0.388 e. The Bertz CT molecular complexity index is 423. The highest BCUT2D eigenvalue weighted by Gasteiger charge is 2.25. The maximum absolute atomic E-state index is 11.1. The lowest BCUT2D eigenvalue weighted by molar-refractivity contribution is -0.383. The number of nitrogens with zero attached hydrogens (tertiary/aromatic N) is 2. The molecule has 1 aliphatic rings. The van der Waals surface area contributed by atoms with Gasteiger partial charge in [0.2, 0.25) is 0 Å². The van der Waals surface area contributed by atoms with Gasteiger partial charge in [-0.25, -0.2) is 0 Å². The van der Waals surface area contributed by atoms with Crippen molar-refractivity contribution in [1.82, 2.24) is 0 Å². The van der Waals surface area contributed by atoms with E-state index in [1.165, 1.54) is 30.2 Å². The molecule has 1 fully saturated rings. The summed E-state index contributed by atoms with van der Waals surface area (Å²) in [6.45, 7) is 3.39. The number of hydrogen-bond donors (Lipinski definition) is 1. The highest BCUT2D eigenvalue weighted by atomic mass is 32.1. The van der Waals surface area contributed by atoms with Gasteiger partial charge in [-0.1, -0.05) is 12.8 Å². The van der Waals surface area contributed by atoms with Crippen molar-refractivity contribution in [2.75, 3.05) is 18.0 Å². The number of anilines is 1. The van der Waals surface area contributed by atoms with Crippen molar-refractivity contribution in [2.24, 2.45) is 0 Å². The average Bonchev–Trinajstić information content (AvgIpc) is 2.59. The molecule has 2 heterocycles.